The molecule has 0 bridgehead atoms. The highest BCUT2D eigenvalue weighted by atomic mass is 79.9. The molecular weight excluding hydrogens is 363 g/mol. The molecule has 8 heteroatoms. The van der Waals surface area contributed by atoms with Gasteiger partial charge in [0.05, 0.1) is 5.69 Å². The van der Waals surface area contributed by atoms with Crippen molar-refractivity contribution >= 4 is 21.6 Å². The number of fused-ring (bicyclic) bond motifs is 1. The van der Waals surface area contributed by atoms with E-state index in [2.05, 4.69) is 25.9 Å². The van der Waals surface area contributed by atoms with Gasteiger partial charge in [-0.2, -0.15) is 13.2 Å². The highest BCUT2D eigenvalue weighted by molar-refractivity contribution is 9.10. The standard InChI is InChI=1S/C14H9BrF3N3O/c15-12-3-1-2-10(19-12)11-7-21-5-4-9(6-13(21)20-11)22-8-14(16,17)18/h1-7H,8H2. The summed E-state index contributed by atoms with van der Waals surface area (Å²) in [5.41, 5.74) is 1.77. The van der Waals surface area contributed by atoms with Crippen LogP contribution in [0.25, 0.3) is 17.0 Å². The molecule has 3 heterocycles. The summed E-state index contributed by atoms with van der Waals surface area (Å²) in [5.74, 6) is 0.115. The number of hydrogen-bond acceptors (Lipinski definition) is 3. The van der Waals surface area contributed by atoms with Gasteiger partial charge in [0.25, 0.3) is 0 Å². The van der Waals surface area contributed by atoms with Gasteiger partial charge in [-0.05, 0) is 34.1 Å². The number of aromatic nitrogens is 3. The van der Waals surface area contributed by atoms with Crippen molar-refractivity contribution in [1.29, 1.82) is 0 Å². The monoisotopic (exact) mass is 371 g/mol. The van der Waals surface area contributed by atoms with E-state index in [1.165, 1.54) is 12.1 Å². The van der Waals surface area contributed by atoms with Crippen LogP contribution in [0.3, 0.4) is 0 Å². The largest absolute Gasteiger partial charge is 0.484 e. The zero-order valence-corrected chi connectivity index (χ0v) is 12.6. The first kappa shape index (κ1) is 14.8. The van der Waals surface area contributed by atoms with Gasteiger partial charge in [0, 0.05) is 18.5 Å². The van der Waals surface area contributed by atoms with Gasteiger partial charge in [0.2, 0.25) is 0 Å². The van der Waals surface area contributed by atoms with Gasteiger partial charge in [0.15, 0.2) is 6.61 Å². The minimum atomic E-state index is -4.37. The number of nitrogens with zero attached hydrogens (tertiary/aromatic N) is 3. The summed E-state index contributed by atoms with van der Waals surface area (Å²) >= 11 is 3.28. The summed E-state index contributed by atoms with van der Waals surface area (Å²) < 4.78 is 43.6. The molecule has 3 aromatic heterocycles. The zero-order chi connectivity index (χ0) is 15.7. The van der Waals surface area contributed by atoms with Crippen LogP contribution in [-0.2, 0) is 0 Å². The van der Waals surface area contributed by atoms with E-state index in [0.29, 0.717) is 21.6 Å². The van der Waals surface area contributed by atoms with Crippen LogP contribution in [0.2, 0.25) is 0 Å². The number of ether oxygens (including phenoxy) is 1. The van der Waals surface area contributed by atoms with Gasteiger partial charge in [0.1, 0.15) is 21.7 Å². The van der Waals surface area contributed by atoms with Crippen molar-refractivity contribution in [2.24, 2.45) is 0 Å². The molecule has 0 N–H and O–H groups in total. The number of alkyl halides is 3. The molecule has 0 amide bonds. The zero-order valence-electron chi connectivity index (χ0n) is 11.0. The topological polar surface area (TPSA) is 39.4 Å². The molecule has 0 spiro atoms. The fourth-order valence-corrected chi connectivity index (χ4v) is 2.24. The maximum atomic E-state index is 12.2. The van der Waals surface area contributed by atoms with Gasteiger partial charge >= 0.3 is 6.18 Å². The van der Waals surface area contributed by atoms with E-state index < -0.39 is 12.8 Å². The predicted octanol–water partition coefficient (Wildman–Crippen LogP) is 4.10. The van der Waals surface area contributed by atoms with Crippen LogP contribution in [0.5, 0.6) is 5.75 Å². The molecule has 3 aromatic rings. The molecule has 0 unspecified atom stereocenters. The van der Waals surface area contributed by atoms with Crippen LogP contribution in [0.1, 0.15) is 0 Å². The maximum Gasteiger partial charge on any atom is 0.422 e. The van der Waals surface area contributed by atoms with Gasteiger partial charge in [-0.3, -0.25) is 0 Å². The summed E-state index contributed by atoms with van der Waals surface area (Å²) in [7, 11) is 0. The fourth-order valence-electron chi connectivity index (χ4n) is 1.89. The van der Waals surface area contributed by atoms with E-state index in [1.807, 2.05) is 6.07 Å². The Balaban J connectivity index is 1.90. The van der Waals surface area contributed by atoms with Crippen molar-refractivity contribution in [3.63, 3.8) is 0 Å². The number of hydrogen-bond donors (Lipinski definition) is 0. The third-order valence-electron chi connectivity index (χ3n) is 2.81. The van der Waals surface area contributed by atoms with E-state index in [-0.39, 0.29) is 5.75 Å². The van der Waals surface area contributed by atoms with Crippen LogP contribution < -0.4 is 4.74 Å². The van der Waals surface area contributed by atoms with Crippen molar-refractivity contribution in [3.05, 3.63) is 47.3 Å². The summed E-state index contributed by atoms with van der Waals surface area (Å²) in [6.45, 7) is -1.33. The third kappa shape index (κ3) is 3.38. The Bertz CT molecular complexity index is 816. The fraction of sp³-hybridized carbons (Fsp3) is 0.143. The minimum absolute atomic E-state index is 0.115. The number of pyridine rings is 2. The van der Waals surface area contributed by atoms with Gasteiger partial charge in [-0.15, -0.1) is 0 Å². The first-order valence-corrected chi connectivity index (χ1v) is 7.01. The first-order chi connectivity index (χ1) is 10.4. The lowest BCUT2D eigenvalue weighted by Crippen LogP contribution is -2.19. The van der Waals surface area contributed by atoms with Crippen molar-refractivity contribution in [2.45, 2.75) is 6.18 Å². The molecule has 0 aliphatic heterocycles. The molecule has 22 heavy (non-hydrogen) atoms. The second-order valence-electron chi connectivity index (χ2n) is 4.50. The van der Waals surface area contributed by atoms with Crippen molar-refractivity contribution in [1.82, 2.24) is 14.4 Å². The molecule has 3 rings (SSSR count). The average molecular weight is 372 g/mol. The highest BCUT2D eigenvalue weighted by Gasteiger charge is 2.28. The lowest BCUT2D eigenvalue weighted by atomic mass is 10.3. The van der Waals surface area contributed by atoms with Gasteiger partial charge in [-0.25, -0.2) is 9.97 Å². The summed E-state index contributed by atoms with van der Waals surface area (Å²) in [4.78, 5) is 8.64. The van der Waals surface area contributed by atoms with Gasteiger partial charge in [-0.1, -0.05) is 6.07 Å². The van der Waals surface area contributed by atoms with Crippen molar-refractivity contribution < 1.29 is 17.9 Å². The Kier molecular flexibility index (Phi) is 3.78. The van der Waals surface area contributed by atoms with Crippen molar-refractivity contribution in [2.75, 3.05) is 6.61 Å². The number of rotatable bonds is 3. The van der Waals surface area contributed by atoms with E-state index >= 15 is 0 Å². The van der Waals surface area contributed by atoms with Crippen LogP contribution in [-0.4, -0.2) is 27.2 Å². The summed E-state index contributed by atoms with van der Waals surface area (Å²) in [6, 6.07) is 8.33. The van der Waals surface area contributed by atoms with Crippen LogP contribution in [0, 0.1) is 0 Å². The molecule has 0 saturated heterocycles. The molecule has 0 aliphatic carbocycles. The summed E-state index contributed by atoms with van der Waals surface area (Å²) in [6.07, 6.45) is -1.03. The third-order valence-corrected chi connectivity index (χ3v) is 3.25. The molecular formula is C14H9BrF3N3O. The molecule has 4 nitrogen and oxygen atoms in total. The maximum absolute atomic E-state index is 12.2. The van der Waals surface area contributed by atoms with Crippen molar-refractivity contribution in [3.8, 4) is 17.1 Å². The van der Waals surface area contributed by atoms with Crippen LogP contribution in [0.4, 0.5) is 13.2 Å². The van der Waals surface area contributed by atoms with Crippen LogP contribution >= 0.6 is 15.9 Å². The lowest BCUT2D eigenvalue weighted by molar-refractivity contribution is -0.153. The molecule has 0 radical (unpaired) electrons. The molecule has 0 aromatic carbocycles. The molecule has 114 valence electrons. The minimum Gasteiger partial charge on any atom is -0.484 e. The second kappa shape index (κ2) is 5.60. The first-order valence-electron chi connectivity index (χ1n) is 6.22. The SMILES string of the molecule is FC(F)(F)COc1ccn2cc(-c3cccc(Br)n3)nc2c1. The molecule has 0 atom stereocenters. The Labute approximate surface area is 131 Å². The number of imidazole rings is 1. The molecule has 0 aliphatic rings. The van der Waals surface area contributed by atoms with Gasteiger partial charge < -0.3 is 9.14 Å². The Hall–Kier alpha value is -2.09. The van der Waals surface area contributed by atoms with E-state index in [9.17, 15) is 13.2 Å². The quantitative estimate of drug-likeness (QED) is 0.650. The normalized spacial score (nSPS) is 11.8. The highest BCUT2D eigenvalue weighted by Crippen LogP contribution is 2.23. The Morgan fingerprint density at radius 1 is 1.14 bits per heavy atom. The number of halogens is 4. The lowest BCUT2D eigenvalue weighted by Gasteiger charge is -2.08. The van der Waals surface area contributed by atoms with E-state index in [4.69, 9.17) is 4.74 Å². The molecule has 0 fully saturated rings. The Morgan fingerprint density at radius 2 is 1.95 bits per heavy atom. The Morgan fingerprint density at radius 3 is 2.68 bits per heavy atom. The summed E-state index contributed by atoms with van der Waals surface area (Å²) in [5, 5.41) is 0. The average Bonchev–Trinajstić information content (AvgIpc) is 2.87. The van der Waals surface area contributed by atoms with E-state index in [0.717, 1.165) is 0 Å². The van der Waals surface area contributed by atoms with Crippen LogP contribution in [0.15, 0.2) is 47.3 Å². The van der Waals surface area contributed by atoms with E-state index in [1.54, 1.807) is 28.9 Å². The smallest absolute Gasteiger partial charge is 0.422 e. The second-order valence-corrected chi connectivity index (χ2v) is 5.32. The predicted molar refractivity (Wildman–Crippen MR) is 77.7 cm³/mol. The molecule has 0 saturated carbocycles.